The molecule has 3 N–H and O–H groups in total. The van der Waals surface area contributed by atoms with Gasteiger partial charge >= 0.3 is 0 Å². The van der Waals surface area contributed by atoms with Crippen molar-refractivity contribution < 1.29 is 23.0 Å². The van der Waals surface area contributed by atoms with Crippen molar-refractivity contribution >= 4 is 17.9 Å². The summed E-state index contributed by atoms with van der Waals surface area (Å²) in [5.74, 6) is 1.45. The van der Waals surface area contributed by atoms with Crippen molar-refractivity contribution in [2.24, 2.45) is 16.6 Å². The lowest BCUT2D eigenvalue weighted by Crippen LogP contribution is -2.67. The minimum Gasteiger partial charge on any atom is -0.380 e. The number of carbonyl (C=O) groups is 1. The molecule has 2 spiro atoms. The fourth-order valence-electron chi connectivity index (χ4n) is 10.0. The molecule has 0 bridgehead atoms. The lowest BCUT2D eigenvalue weighted by Gasteiger charge is -2.55. The Labute approximate surface area is 421 Å². The second kappa shape index (κ2) is 21.0. The van der Waals surface area contributed by atoms with Crippen molar-refractivity contribution in [3.63, 3.8) is 0 Å². The first-order chi connectivity index (χ1) is 35.4. The van der Waals surface area contributed by atoms with Gasteiger partial charge in [-0.2, -0.15) is 10.5 Å². The van der Waals surface area contributed by atoms with Gasteiger partial charge in [0.2, 0.25) is 0 Å². The SMILES string of the molecule is N#Cc1ccc(-n2cc(CCC=O)nc(N3CC4(COC4)C3)c2=O)cc1.N#Cc1ccc(-n2cc(CCCN[C@@H]3C[C@H]3c3ccc(F)cc3)nc(N3CC4(COC4)C3)c2=O)cc1.N[C@@H]1C[C@H]1c1ccc(F)cc1. The van der Waals surface area contributed by atoms with Crippen LogP contribution in [0.2, 0.25) is 0 Å². The monoisotopic (exact) mass is 986 g/mol. The summed E-state index contributed by atoms with van der Waals surface area (Å²) in [5, 5.41) is 21.7. The summed E-state index contributed by atoms with van der Waals surface area (Å²) in [7, 11) is 0. The summed E-state index contributed by atoms with van der Waals surface area (Å²) in [6, 6.07) is 32.2. The third kappa shape index (κ3) is 11.0. The Morgan fingerprint density at radius 3 is 1.49 bits per heavy atom. The first-order valence-electron chi connectivity index (χ1n) is 24.8. The molecule has 12 rings (SSSR count). The Hall–Kier alpha value is -7.41. The zero-order valence-electron chi connectivity index (χ0n) is 40.3. The number of nitrogens with two attached hydrogens (primary N) is 1. The van der Waals surface area contributed by atoms with Crippen molar-refractivity contribution in [2.45, 2.75) is 62.4 Å². The molecule has 0 radical (unpaired) electrons. The molecule has 4 atom stereocenters. The summed E-state index contributed by atoms with van der Waals surface area (Å²) in [6.07, 6.45) is 8.94. The number of nitrogens with one attached hydrogen (secondary N) is 1. The van der Waals surface area contributed by atoms with Crippen LogP contribution in [0.4, 0.5) is 20.4 Å². The number of aryl methyl sites for hydroxylation is 2. The smallest absolute Gasteiger partial charge is 0.298 e. The summed E-state index contributed by atoms with van der Waals surface area (Å²) >= 11 is 0. The van der Waals surface area contributed by atoms with Crippen LogP contribution in [0.15, 0.2) is 119 Å². The Morgan fingerprint density at radius 2 is 1.10 bits per heavy atom. The van der Waals surface area contributed by atoms with Crippen LogP contribution in [-0.2, 0) is 27.1 Å². The highest BCUT2D eigenvalue weighted by atomic mass is 19.1. The van der Waals surface area contributed by atoms with Crippen LogP contribution < -0.4 is 32.0 Å². The van der Waals surface area contributed by atoms with Gasteiger partial charge in [0.05, 0.1) is 71.9 Å². The summed E-state index contributed by atoms with van der Waals surface area (Å²) in [5.41, 5.74) is 12.1. The van der Waals surface area contributed by atoms with E-state index in [9.17, 15) is 23.2 Å². The fourth-order valence-corrected chi connectivity index (χ4v) is 10.0. The maximum absolute atomic E-state index is 13.4. The molecule has 6 fully saturated rings. The van der Waals surface area contributed by atoms with Gasteiger partial charge in [0.15, 0.2) is 11.6 Å². The first kappa shape index (κ1) is 49.2. The quantitative estimate of drug-likeness (QED) is 0.0972. The molecule has 374 valence electrons. The number of ether oxygens (including phenoxy) is 2. The number of anilines is 2. The van der Waals surface area contributed by atoms with Crippen molar-refractivity contribution in [1.82, 2.24) is 24.4 Å². The summed E-state index contributed by atoms with van der Waals surface area (Å²) in [6.45, 7) is 6.92. The Kier molecular flexibility index (Phi) is 14.1. The maximum atomic E-state index is 13.4. The lowest BCUT2D eigenvalue weighted by molar-refractivity contribution is -0.127. The first-order valence-corrected chi connectivity index (χ1v) is 24.8. The van der Waals surface area contributed by atoms with Crippen LogP contribution in [-0.4, -0.2) is 96.6 Å². The molecule has 0 unspecified atom stereocenters. The number of nitrogens with zero attached hydrogens (tertiary/aromatic N) is 8. The number of aromatic nitrogens is 4. The second-order valence-electron chi connectivity index (χ2n) is 20.3. The minimum atomic E-state index is -0.201. The summed E-state index contributed by atoms with van der Waals surface area (Å²) < 4.78 is 39.5. The molecule has 2 aromatic heterocycles. The highest BCUT2D eigenvalue weighted by molar-refractivity contribution is 5.51. The molecule has 4 saturated heterocycles. The van der Waals surface area contributed by atoms with Crippen molar-refractivity contribution in [3.8, 4) is 23.5 Å². The maximum Gasteiger partial charge on any atom is 0.298 e. The van der Waals surface area contributed by atoms with Gasteiger partial charge in [0.1, 0.15) is 17.9 Å². The predicted molar refractivity (Wildman–Crippen MR) is 270 cm³/mol. The lowest BCUT2D eigenvalue weighted by atomic mass is 9.78. The van der Waals surface area contributed by atoms with E-state index in [1.165, 1.54) is 35.4 Å². The minimum absolute atomic E-state index is 0.142. The number of rotatable bonds is 14. The number of aldehydes is 1. The number of carbonyl (C=O) groups excluding carboxylic acids is 1. The van der Waals surface area contributed by atoms with Crippen LogP contribution >= 0.6 is 0 Å². The molecule has 6 aromatic rings. The van der Waals surface area contributed by atoms with Crippen molar-refractivity contribution in [2.75, 3.05) is 69.0 Å². The molecule has 4 aliphatic heterocycles. The molecule has 2 aliphatic carbocycles. The molecule has 17 heteroatoms. The standard InChI is InChI=1S/C28H28FN5O2.C19H18N4O3.C9H10FN/c29-21-7-5-20(6-8-21)24-12-25(24)31-11-1-2-22-14-34(23-9-3-19(13-30)4-10-23)27(35)26(32-22)33-15-28(16-33)17-36-18-28;20-8-14-3-5-16(6-4-14)23-9-15(2-1-7-24)21-17(18(23)25)22-10-19(11-22)12-26-13-19;10-7-3-1-6(2-4-7)8-5-9(8)11/h3-10,14,24-25,31H,1-2,11-12,15-18H2;3-7,9H,1-2,10-13H2;1-4,8-9H,5,11H2/t24-,25+;;8-,9+/m0.0/s1. The van der Waals surface area contributed by atoms with Crippen LogP contribution in [0.1, 0.15) is 71.2 Å². The molecular weight excluding hydrogens is 931 g/mol. The van der Waals surface area contributed by atoms with Gasteiger partial charge in [0.25, 0.3) is 11.1 Å². The van der Waals surface area contributed by atoms with Gasteiger partial charge in [0, 0.05) is 80.3 Å². The molecule has 73 heavy (non-hydrogen) atoms. The molecular formula is C56H56F2N10O5. The Balaban J connectivity index is 0.000000143. The zero-order chi connectivity index (χ0) is 50.7. The van der Waals surface area contributed by atoms with Crippen LogP contribution in [0.25, 0.3) is 11.4 Å². The predicted octanol–water partition coefficient (Wildman–Crippen LogP) is 5.87. The number of nitriles is 2. The average molecular weight is 987 g/mol. The number of hydrogen-bond acceptors (Lipinski definition) is 13. The highest BCUT2D eigenvalue weighted by Crippen LogP contribution is 2.42. The average Bonchev–Trinajstić information content (AvgIpc) is 4.30. The van der Waals surface area contributed by atoms with E-state index >= 15 is 0 Å². The van der Waals surface area contributed by atoms with Gasteiger partial charge in [-0.15, -0.1) is 0 Å². The topological polar surface area (TPSA) is 197 Å². The van der Waals surface area contributed by atoms with Gasteiger partial charge < -0.3 is 35.1 Å². The van der Waals surface area contributed by atoms with Crippen molar-refractivity contribution in [3.05, 3.63) is 175 Å². The van der Waals surface area contributed by atoms with Gasteiger partial charge in [-0.3, -0.25) is 18.7 Å². The van der Waals surface area contributed by atoms with E-state index in [0.717, 1.165) is 103 Å². The number of benzene rings is 4. The third-order valence-corrected chi connectivity index (χ3v) is 14.5. The second-order valence-corrected chi connectivity index (χ2v) is 20.3. The van der Waals surface area contributed by atoms with E-state index < -0.39 is 0 Å². The zero-order valence-corrected chi connectivity index (χ0v) is 40.3. The molecule has 15 nitrogen and oxygen atoms in total. The molecule has 0 amide bonds. The number of halogens is 2. The van der Waals surface area contributed by atoms with E-state index in [1.54, 1.807) is 63.9 Å². The molecule has 4 aromatic carbocycles. The number of hydrogen-bond donors (Lipinski definition) is 2. The molecule has 6 heterocycles. The van der Waals surface area contributed by atoms with Crippen molar-refractivity contribution in [1.29, 1.82) is 10.5 Å². The van der Waals surface area contributed by atoms with E-state index in [1.807, 2.05) is 35.4 Å². The van der Waals surface area contributed by atoms with Crippen LogP contribution in [0.3, 0.4) is 0 Å². The summed E-state index contributed by atoms with van der Waals surface area (Å²) in [4.78, 5) is 50.4. The van der Waals surface area contributed by atoms with E-state index in [0.29, 0.717) is 70.9 Å². The third-order valence-electron chi connectivity index (χ3n) is 14.5. The molecule has 6 aliphatic rings. The Bertz CT molecular complexity index is 3150. The van der Waals surface area contributed by atoms with E-state index in [2.05, 4.69) is 27.3 Å². The van der Waals surface area contributed by atoms with Gasteiger partial charge in [-0.25, -0.2) is 18.7 Å². The van der Waals surface area contributed by atoms with Gasteiger partial charge in [-0.05, 0) is 123 Å². The van der Waals surface area contributed by atoms with Crippen LogP contribution in [0, 0.1) is 45.1 Å². The Morgan fingerprint density at radius 1 is 0.658 bits per heavy atom. The van der Waals surface area contributed by atoms with E-state index in [-0.39, 0.29) is 33.6 Å². The van der Waals surface area contributed by atoms with Gasteiger partial charge in [-0.1, -0.05) is 24.3 Å². The normalized spacial score (nSPS) is 21.1. The largest absolute Gasteiger partial charge is 0.380 e. The fraction of sp³-hybridized carbons (Fsp3) is 0.375. The van der Waals surface area contributed by atoms with Crippen LogP contribution in [0.5, 0.6) is 0 Å². The molecule has 2 saturated carbocycles. The van der Waals surface area contributed by atoms with E-state index in [4.69, 9.17) is 30.7 Å². The highest BCUT2D eigenvalue weighted by Gasteiger charge is 2.51.